The van der Waals surface area contributed by atoms with Gasteiger partial charge in [-0.25, -0.2) is 0 Å². The van der Waals surface area contributed by atoms with Gasteiger partial charge in [0.25, 0.3) is 6.01 Å². The first-order valence-electron chi connectivity index (χ1n) is 6.18. The van der Waals surface area contributed by atoms with Gasteiger partial charge < -0.3 is 14.6 Å². The molecule has 0 radical (unpaired) electrons. The molecule has 1 aromatic carbocycles. The molecule has 3 rings (SSSR count). The number of oxazole rings is 1. The largest absolute Gasteiger partial charge is 0.423 e. The van der Waals surface area contributed by atoms with Crippen molar-refractivity contribution in [2.75, 3.05) is 31.1 Å². The van der Waals surface area contributed by atoms with Gasteiger partial charge in [0.1, 0.15) is 5.52 Å². The minimum atomic E-state index is 0.743. The molecule has 1 aliphatic rings. The van der Waals surface area contributed by atoms with E-state index in [0.29, 0.717) is 0 Å². The van der Waals surface area contributed by atoms with Gasteiger partial charge in [-0.3, -0.25) is 0 Å². The maximum Gasteiger partial charge on any atom is 0.298 e. The highest BCUT2D eigenvalue weighted by Crippen LogP contribution is 2.31. The van der Waals surface area contributed by atoms with Crippen molar-refractivity contribution in [3.63, 3.8) is 0 Å². The first-order valence-corrected chi connectivity index (χ1v) is 6.98. The maximum absolute atomic E-state index is 5.89. The Morgan fingerprint density at radius 3 is 2.78 bits per heavy atom. The minimum Gasteiger partial charge on any atom is -0.423 e. The number of anilines is 1. The van der Waals surface area contributed by atoms with E-state index in [1.807, 2.05) is 6.07 Å². The third kappa shape index (κ3) is 1.91. The molecule has 2 aromatic rings. The molecule has 1 N–H and O–H groups in total. The van der Waals surface area contributed by atoms with Crippen LogP contribution in [-0.2, 0) is 0 Å². The predicted molar refractivity (Wildman–Crippen MR) is 76.3 cm³/mol. The summed E-state index contributed by atoms with van der Waals surface area (Å²) < 4.78 is 7.01. The van der Waals surface area contributed by atoms with Gasteiger partial charge in [-0.05, 0) is 31.0 Å². The Kier molecular flexibility index (Phi) is 3.03. The SMILES string of the molecule is Cc1cc2oc(N3CCNCC3)nc2c(C)c1Br. The van der Waals surface area contributed by atoms with Gasteiger partial charge in [-0.1, -0.05) is 15.9 Å². The van der Waals surface area contributed by atoms with E-state index < -0.39 is 0 Å². The fourth-order valence-corrected chi connectivity index (χ4v) is 2.64. The van der Waals surface area contributed by atoms with Crippen LogP contribution in [0.3, 0.4) is 0 Å². The van der Waals surface area contributed by atoms with Crippen molar-refractivity contribution in [3.05, 3.63) is 21.7 Å². The summed E-state index contributed by atoms with van der Waals surface area (Å²) in [6.45, 7) is 8.02. The third-order valence-corrected chi connectivity index (χ3v) is 4.63. The lowest BCUT2D eigenvalue weighted by Crippen LogP contribution is -2.43. The molecule has 0 spiro atoms. The van der Waals surface area contributed by atoms with E-state index in [4.69, 9.17) is 4.42 Å². The Balaban J connectivity index is 2.07. The van der Waals surface area contributed by atoms with E-state index in [2.05, 4.69) is 45.0 Å². The molecule has 0 bridgehead atoms. The van der Waals surface area contributed by atoms with Crippen LogP contribution < -0.4 is 10.2 Å². The highest BCUT2D eigenvalue weighted by atomic mass is 79.9. The lowest BCUT2D eigenvalue weighted by molar-refractivity contribution is 0.517. The Morgan fingerprint density at radius 2 is 2.06 bits per heavy atom. The number of aromatic nitrogens is 1. The minimum absolute atomic E-state index is 0.743. The number of nitrogens with one attached hydrogen (secondary N) is 1. The normalized spacial score (nSPS) is 16.5. The Morgan fingerprint density at radius 1 is 1.33 bits per heavy atom. The van der Waals surface area contributed by atoms with Gasteiger partial charge in [-0.2, -0.15) is 4.98 Å². The van der Waals surface area contributed by atoms with E-state index in [1.165, 1.54) is 5.56 Å². The Bertz CT molecular complexity index is 587. The molecular weight excluding hydrogens is 294 g/mol. The number of benzene rings is 1. The van der Waals surface area contributed by atoms with E-state index in [0.717, 1.165) is 53.3 Å². The molecule has 1 aliphatic heterocycles. The molecule has 96 valence electrons. The number of rotatable bonds is 1. The summed E-state index contributed by atoms with van der Waals surface area (Å²) in [5.41, 5.74) is 4.17. The van der Waals surface area contributed by atoms with Crippen molar-refractivity contribution in [3.8, 4) is 0 Å². The second-order valence-corrected chi connectivity index (χ2v) is 5.51. The quantitative estimate of drug-likeness (QED) is 0.879. The van der Waals surface area contributed by atoms with Crippen molar-refractivity contribution in [2.45, 2.75) is 13.8 Å². The zero-order chi connectivity index (χ0) is 12.7. The first kappa shape index (κ1) is 12.0. The highest BCUT2D eigenvalue weighted by molar-refractivity contribution is 9.10. The molecule has 18 heavy (non-hydrogen) atoms. The van der Waals surface area contributed by atoms with Crippen LogP contribution in [0.15, 0.2) is 15.0 Å². The molecule has 2 heterocycles. The second kappa shape index (κ2) is 4.55. The van der Waals surface area contributed by atoms with Gasteiger partial charge in [-0.15, -0.1) is 0 Å². The van der Waals surface area contributed by atoms with E-state index in [-0.39, 0.29) is 0 Å². The highest BCUT2D eigenvalue weighted by Gasteiger charge is 2.18. The topological polar surface area (TPSA) is 41.3 Å². The van der Waals surface area contributed by atoms with Crippen LogP contribution in [0.25, 0.3) is 11.1 Å². The zero-order valence-corrected chi connectivity index (χ0v) is 12.2. The van der Waals surface area contributed by atoms with Crippen LogP contribution in [-0.4, -0.2) is 31.2 Å². The molecule has 1 saturated heterocycles. The molecule has 1 fully saturated rings. The lowest BCUT2D eigenvalue weighted by Gasteiger charge is -2.25. The molecule has 0 saturated carbocycles. The van der Waals surface area contributed by atoms with Gasteiger partial charge in [0.2, 0.25) is 0 Å². The average Bonchev–Trinajstić information content (AvgIpc) is 2.81. The second-order valence-electron chi connectivity index (χ2n) is 4.71. The summed E-state index contributed by atoms with van der Waals surface area (Å²) in [5, 5.41) is 3.33. The lowest BCUT2D eigenvalue weighted by atomic mass is 10.1. The number of nitrogens with zero attached hydrogens (tertiary/aromatic N) is 2. The van der Waals surface area contributed by atoms with Crippen molar-refractivity contribution in [1.82, 2.24) is 10.3 Å². The third-order valence-electron chi connectivity index (χ3n) is 3.41. The van der Waals surface area contributed by atoms with Crippen LogP contribution >= 0.6 is 15.9 Å². The Labute approximate surface area is 114 Å². The van der Waals surface area contributed by atoms with Crippen LogP contribution in [0.4, 0.5) is 6.01 Å². The first-order chi connectivity index (χ1) is 8.66. The van der Waals surface area contributed by atoms with Crippen LogP contribution in [0.5, 0.6) is 0 Å². The number of fused-ring (bicyclic) bond motifs is 1. The van der Waals surface area contributed by atoms with Crippen molar-refractivity contribution in [1.29, 1.82) is 0 Å². The number of aryl methyl sites for hydroxylation is 2. The van der Waals surface area contributed by atoms with Crippen LogP contribution in [0, 0.1) is 13.8 Å². The van der Waals surface area contributed by atoms with E-state index in [1.54, 1.807) is 0 Å². The fraction of sp³-hybridized carbons (Fsp3) is 0.462. The fourth-order valence-electron chi connectivity index (χ4n) is 2.34. The van der Waals surface area contributed by atoms with Gasteiger partial charge >= 0.3 is 0 Å². The summed E-state index contributed by atoms with van der Waals surface area (Å²) in [6, 6.07) is 2.79. The molecule has 4 nitrogen and oxygen atoms in total. The van der Waals surface area contributed by atoms with Gasteiger partial charge in [0, 0.05) is 30.7 Å². The molecule has 0 atom stereocenters. The summed E-state index contributed by atoms with van der Waals surface area (Å²) in [6.07, 6.45) is 0. The molecule has 0 unspecified atom stereocenters. The smallest absolute Gasteiger partial charge is 0.298 e. The standard InChI is InChI=1S/C13H16BrN3O/c1-8-7-10-12(9(2)11(8)14)16-13(18-10)17-5-3-15-4-6-17/h7,15H,3-6H2,1-2H3. The maximum atomic E-state index is 5.89. The number of halogens is 1. The van der Waals surface area contributed by atoms with Crippen molar-refractivity contribution in [2.24, 2.45) is 0 Å². The summed E-state index contributed by atoms with van der Waals surface area (Å²) in [5.74, 6) is 0. The van der Waals surface area contributed by atoms with Crippen LogP contribution in [0.1, 0.15) is 11.1 Å². The summed E-state index contributed by atoms with van der Waals surface area (Å²) >= 11 is 3.60. The molecular formula is C13H16BrN3O. The molecule has 1 aromatic heterocycles. The van der Waals surface area contributed by atoms with E-state index in [9.17, 15) is 0 Å². The van der Waals surface area contributed by atoms with Crippen molar-refractivity contribution >= 4 is 33.0 Å². The number of piperazine rings is 1. The summed E-state index contributed by atoms with van der Waals surface area (Å²) in [7, 11) is 0. The van der Waals surface area contributed by atoms with Gasteiger partial charge in [0.05, 0.1) is 0 Å². The molecule has 5 heteroatoms. The Hall–Kier alpha value is -1.07. The predicted octanol–water partition coefficient (Wildman–Crippen LogP) is 2.62. The molecule has 0 amide bonds. The average molecular weight is 310 g/mol. The zero-order valence-electron chi connectivity index (χ0n) is 10.6. The van der Waals surface area contributed by atoms with Gasteiger partial charge in [0.15, 0.2) is 5.58 Å². The number of hydrogen-bond acceptors (Lipinski definition) is 4. The van der Waals surface area contributed by atoms with Crippen molar-refractivity contribution < 1.29 is 4.42 Å². The summed E-state index contributed by atoms with van der Waals surface area (Å²) in [4.78, 5) is 6.83. The molecule has 0 aliphatic carbocycles. The number of hydrogen-bond donors (Lipinski definition) is 1. The van der Waals surface area contributed by atoms with E-state index >= 15 is 0 Å². The monoisotopic (exact) mass is 309 g/mol. The van der Waals surface area contributed by atoms with Crippen LogP contribution in [0.2, 0.25) is 0 Å².